The quantitative estimate of drug-likeness (QED) is 0.509. The Bertz CT molecular complexity index is 931. The Morgan fingerprint density at radius 2 is 1.54 bits per heavy atom. The fourth-order valence-corrected chi connectivity index (χ4v) is 5.06. The molecule has 1 aliphatic carbocycles. The van der Waals surface area contributed by atoms with Crippen molar-refractivity contribution >= 4 is 34.8 Å². The molecular formula is C24H26Cl2O2. The van der Waals surface area contributed by atoms with E-state index in [0.717, 1.165) is 28.7 Å². The van der Waals surface area contributed by atoms with E-state index in [1.54, 1.807) is 12.1 Å². The van der Waals surface area contributed by atoms with Gasteiger partial charge in [-0.2, -0.15) is 0 Å². The molecule has 0 spiro atoms. The van der Waals surface area contributed by atoms with Crippen molar-refractivity contribution < 1.29 is 9.59 Å². The van der Waals surface area contributed by atoms with Gasteiger partial charge in [0.15, 0.2) is 11.6 Å². The highest BCUT2D eigenvalue weighted by atomic mass is 35.5. The molecule has 148 valence electrons. The molecule has 28 heavy (non-hydrogen) atoms. The molecule has 1 saturated carbocycles. The lowest BCUT2D eigenvalue weighted by Crippen LogP contribution is -2.48. The number of rotatable bonds is 3. The van der Waals surface area contributed by atoms with Crippen LogP contribution in [0.2, 0.25) is 10.0 Å². The van der Waals surface area contributed by atoms with Gasteiger partial charge in [-0.3, -0.25) is 9.59 Å². The fourth-order valence-electron chi connectivity index (χ4n) is 4.54. The third kappa shape index (κ3) is 3.65. The number of halogens is 2. The summed E-state index contributed by atoms with van der Waals surface area (Å²) < 4.78 is 0. The van der Waals surface area contributed by atoms with Crippen molar-refractivity contribution in [2.24, 2.45) is 10.8 Å². The molecule has 0 saturated heterocycles. The first-order valence-corrected chi connectivity index (χ1v) is 10.4. The third-order valence-corrected chi connectivity index (χ3v) is 6.37. The van der Waals surface area contributed by atoms with Gasteiger partial charge in [0.1, 0.15) is 5.92 Å². The highest BCUT2D eigenvalue weighted by molar-refractivity contribution is 6.36. The Kier molecular flexibility index (Phi) is 5.51. The molecule has 0 heterocycles. The lowest BCUT2D eigenvalue weighted by atomic mass is 9.58. The summed E-state index contributed by atoms with van der Waals surface area (Å²) in [6, 6.07) is 11.3. The molecule has 0 aliphatic heterocycles. The summed E-state index contributed by atoms with van der Waals surface area (Å²) in [6.45, 7) is 9.83. The maximum atomic E-state index is 13.3. The largest absolute Gasteiger partial charge is 0.298 e. The number of benzene rings is 2. The van der Waals surface area contributed by atoms with Crippen LogP contribution in [0.25, 0.3) is 11.1 Å². The maximum absolute atomic E-state index is 13.3. The second-order valence-corrected chi connectivity index (χ2v) is 9.84. The molecule has 0 unspecified atom stereocenters. The van der Waals surface area contributed by atoms with Gasteiger partial charge >= 0.3 is 0 Å². The minimum Gasteiger partial charge on any atom is -0.298 e. The highest BCUT2D eigenvalue weighted by Crippen LogP contribution is 2.48. The summed E-state index contributed by atoms with van der Waals surface area (Å²) in [4.78, 5) is 26.6. The van der Waals surface area contributed by atoms with Crippen LogP contribution in [0.4, 0.5) is 0 Å². The van der Waals surface area contributed by atoms with Gasteiger partial charge < -0.3 is 0 Å². The zero-order valence-corrected chi connectivity index (χ0v) is 18.5. The van der Waals surface area contributed by atoms with Crippen LogP contribution >= 0.6 is 23.2 Å². The summed E-state index contributed by atoms with van der Waals surface area (Å²) in [7, 11) is 0. The molecule has 2 nitrogen and oxygen atoms in total. The van der Waals surface area contributed by atoms with Crippen LogP contribution in [-0.4, -0.2) is 11.6 Å². The van der Waals surface area contributed by atoms with Gasteiger partial charge in [0.05, 0.1) is 0 Å². The standard InChI is InChI=1S/C24H26Cl2O2/c1-6-14-7-8-15(17-10-9-16(25)12-19(17)26)11-18(14)20-21(27)23(2,3)13-24(4,5)22(20)28/h7-12,20H,6,13H2,1-5H3. The van der Waals surface area contributed by atoms with E-state index in [-0.39, 0.29) is 11.6 Å². The highest BCUT2D eigenvalue weighted by Gasteiger charge is 2.52. The molecule has 2 aromatic carbocycles. The number of carbonyl (C=O) groups excluding carboxylic acids is 2. The van der Waals surface area contributed by atoms with E-state index in [0.29, 0.717) is 16.5 Å². The maximum Gasteiger partial charge on any atom is 0.153 e. The lowest BCUT2D eigenvalue weighted by Gasteiger charge is -2.42. The number of carbonyl (C=O) groups is 2. The number of Topliss-reactive ketones (excluding diaryl/α,β-unsaturated/α-hetero) is 2. The van der Waals surface area contributed by atoms with Gasteiger partial charge in [0.2, 0.25) is 0 Å². The molecule has 0 amide bonds. The van der Waals surface area contributed by atoms with Crippen molar-refractivity contribution in [1.29, 1.82) is 0 Å². The van der Waals surface area contributed by atoms with Crippen LogP contribution in [0.1, 0.15) is 58.1 Å². The molecule has 0 N–H and O–H groups in total. The Balaban J connectivity index is 2.19. The smallest absolute Gasteiger partial charge is 0.153 e. The van der Waals surface area contributed by atoms with Crippen molar-refractivity contribution in [2.75, 3.05) is 0 Å². The third-order valence-electron chi connectivity index (χ3n) is 5.82. The van der Waals surface area contributed by atoms with E-state index in [9.17, 15) is 9.59 Å². The van der Waals surface area contributed by atoms with Crippen LogP contribution in [0, 0.1) is 10.8 Å². The molecule has 1 aliphatic rings. The van der Waals surface area contributed by atoms with E-state index < -0.39 is 16.7 Å². The summed E-state index contributed by atoms with van der Waals surface area (Å²) in [5, 5.41) is 1.12. The number of ketones is 2. The Morgan fingerprint density at radius 1 is 0.929 bits per heavy atom. The second-order valence-electron chi connectivity index (χ2n) is 9.00. The number of hydrogen-bond acceptors (Lipinski definition) is 2. The van der Waals surface area contributed by atoms with E-state index in [4.69, 9.17) is 23.2 Å². The molecule has 3 rings (SSSR count). The summed E-state index contributed by atoms with van der Waals surface area (Å²) in [6.07, 6.45) is 1.32. The monoisotopic (exact) mass is 416 g/mol. The van der Waals surface area contributed by atoms with Gasteiger partial charge in [-0.15, -0.1) is 0 Å². The first-order chi connectivity index (χ1) is 13.0. The van der Waals surface area contributed by atoms with Crippen LogP contribution < -0.4 is 0 Å². The second kappa shape index (κ2) is 7.31. The average Bonchev–Trinajstić information content (AvgIpc) is 2.60. The van der Waals surface area contributed by atoms with Crippen molar-refractivity contribution in [3.8, 4) is 11.1 Å². The van der Waals surface area contributed by atoms with Gasteiger partial charge in [0, 0.05) is 26.4 Å². The van der Waals surface area contributed by atoms with Crippen LogP contribution in [0.3, 0.4) is 0 Å². The Labute approximate surface area is 177 Å². The minimum absolute atomic E-state index is 0.00544. The summed E-state index contributed by atoms with van der Waals surface area (Å²) >= 11 is 12.4. The molecular weight excluding hydrogens is 391 g/mol. The number of hydrogen-bond donors (Lipinski definition) is 0. The van der Waals surface area contributed by atoms with Gasteiger partial charge in [-0.05, 0) is 47.7 Å². The zero-order chi connectivity index (χ0) is 20.9. The minimum atomic E-state index is -0.736. The van der Waals surface area contributed by atoms with E-state index in [1.807, 2.05) is 58.9 Å². The van der Waals surface area contributed by atoms with E-state index in [2.05, 4.69) is 0 Å². The van der Waals surface area contributed by atoms with Crippen LogP contribution in [0.5, 0.6) is 0 Å². The Morgan fingerprint density at radius 3 is 2.07 bits per heavy atom. The normalized spacial score (nSPS) is 19.1. The zero-order valence-electron chi connectivity index (χ0n) is 17.0. The molecule has 2 aromatic rings. The predicted molar refractivity (Wildman–Crippen MR) is 116 cm³/mol. The molecule has 0 radical (unpaired) electrons. The van der Waals surface area contributed by atoms with Crippen molar-refractivity contribution in [1.82, 2.24) is 0 Å². The molecule has 1 fully saturated rings. The molecule has 4 heteroatoms. The molecule has 0 bridgehead atoms. The first kappa shape index (κ1) is 21.1. The van der Waals surface area contributed by atoms with Crippen molar-refractivity contribution in [2.45, 2.75) is 53.4 Å². The van der Waals surface area contributed by atoms with Gasteiger partial charge in [0.25, 0.3) is 0 Å². The first-order valence-electron chi connectivity index (χ1n) is 9.65. The van der Waals surface area contributed by atoms with E-state index >= 15 is 0 Å². The molecule has 0 aromatic heterocycles. The van der Waals surface area contributed by atoms with Crippen LogP contribution in [0.15, 0.2) is 36.4 Å². The predicted octanol–water partition coefficient (Wildman–Crippen LogP) is 6.90. The van der Waals surface area contributed by atoms with Gasteiger partial charge in [-0.1, -0.05) is 76.0 Å². The van der Waals surface area contributed by atoms with Crippen molar-refractivity contribution in [3.63, 3.8) is 0 Å². The fraction of sp³-hybridized carbons (Fsp3) is 0.417. The van der Waals surface area contributed by atoms with Crippen molar-refractivity contribution in [3.05, 3.63) is 57.6 Å². The average molecular weight is 417 g/mol. The van der Waals surface area contributed by atoms with Crippen LogP contribution in [-0.2, 0) is 16.0 Å². The van der Waals surface area contributed by atoms with E-state index in [1.165, 1.54) is 0 Å². The van der Waals surface area contributed by atoms with Gasteiger partial charge in [-0.25, -0.2) is 0 Å². The SMILES string of the molecule is CCc1ccc(-c2ccc(Cl)cc2Cl)cc1C1C(=O)C(C)(C)CC(C)(C)C1=O. The lowest BCUT2D eigenvalue weighted by molar-refractivity contribution is -0.146. The topological polar surface area (TPSA) is 34.1 Å². The number of aryl methyl sites for hydroxylation is 1. The Hall–Kier alpha value is -1.64. The summed E-state index contributed by atoms with van der Waals surface area (Å²) in [5.41, 5.74) is 2.47. The molecule has 0 atom stereocenters. The summed E-state index contributed by atoms with van der Waals surface area (Å²) in [5.74, 6) is -0.725.